The minimum absolute atomic E-state index is 0.0850. The first kappa shape index (κ1) is 12.1. The molecule has 6 nitrogen and oxygen atoms in total. The summed E-state index contributed by atoms with van der Waals surface area (Å²) in [5.74, 6) is 1.21. The number of rotatable bonds is 4. The van der Waals surface area contributed by atoms with Crippen molar-refractivity contribution in [1.29, 1.82) is 0 Å². The minimum Gasteiger partial charge on any atom is -0.505 e. The molecule has 0 radical (unpaired) electrons. The third-order valence-corrected chi connectivity index (χ3v) is 2.44. The molecule has 1 aromatic rings. The van der Waals surface area contributed by atoms with Crippen LogP contribution in [0.25, 0.3) is 6.08 Å². The lowest BCUT2D eigenvalue weighted by atomic mass is 10.1. The molecular weight excluding hydrogens is 240 g/mol. The molecule has 0 bridgehead atoms. The van der Waals surface area contributed by atoms with Crippen molar-refractivity contribution in [3.05, 3.63) is 17.4 Å². The van der Waals surface area contributed by atoms with E-state index in [1.54, 1.807) is 6.07 Å². The van der Waals surface area contributed by atoms with Gasteiger partial charge >= 0.3 is 0 Å². The predicted molar refractivity (Wildman–Crippen MR) is 62.3 cm³/mol. The highest BCUT2D eigenvalue weighted by atomic mass is 16.7. The van der Waals surface area contributed by atoms with Gasteiger partial charge in [0.2, 0.25) is 18.3 Å². The Morgan fingerprint density at radius 2 is 2.06 bits per heavy atom. The van der Waals surface area contributed by atoms with Gasteiger partial charge in [-0.1, -0.05) is 0 Å². The molecule has 96 valence electrons. The molecule has 0 aromatic heterocycles. The predicted octanol–water partition coefficient (Wildman–Crippen LogP) is 1.53. The highest BCUT2D eigenvalue weighted by Gasteiger charge is 2.25. The summed E-state index contributed by atoms with van der Waals surface area (Å²) in [7, 11) is 2.92. The van der Waals surface area contributed by atoms with E-state index in [1.165, 1.54) is 20.3 Å². The van der Waals surface area contributed by atoms with Gasteiger partial charge in [0.1, 0.15) is 0 Å². The van der Waals surface area contributed by atoms with Crippen LogP contribution in [0.3, 0.4) is 0 Å². The van der Waals surface area contributed by atoms with Crippen LogP contribution < -0.4 is 18.9 Å². The highest BCUT2D eigenvalue weighted by Crippen LogP contribution is 2.49. The smallest absolute Gasteiger partial charge is 0.231 e. The number of carbonyl (C=O) groups excluding carboxylic acids is 1. The number of allylic oxidation sites excluding steroid dienone is 1. The summed E-state index contributed by atoms with van der Waals surface area (Å²) < 4.78 is 20.9. The van der Waals surface area contributed by atoms with E-state index >= 15 is 0 Å². The van der Waals surface area contributed by atoms with E-state index < -0.39 is 5.76 Å². The molecule has 0 amide bonds. The van der Waals surface area contributed by atoms with Crippen molar-refractivity contribution in [3.63, 3.8) is 0 Å². The van der Waals surface area contributed by atoms with Gasteiger partial charge in [-0.05, 0) is 12.1 Å². The number of aliphatic hydroxyl groups is 1. The second-order valence-electron chi connectivity index (χ2n) is 3.45. The van der Waals surface area contributed by atoms with Gasteiger partial charge < -0.3 is 24.1 Å². The molecule has 1 aromatic carbocycles. The zero-order chi connectivity index (χ0) is 13.1. The van der Waals surface area contributed by atoms with Crippen LogP contribution in [0.5, 0.6) is 23.0 Å². The molecule has 0 fully saturated rings. The monoisotopic (exact) mass is 252 g/mol. The normalized spacial score (nSPS) is 13.3. The number of aliphatic hydroxyl groups excluding tert-OH is 1. The second kappa shape index (κ2) is 4.87. The average molecular weight is 252 g/mol. The van der Waals surface area contributed by atoms with Gasteiger partial charge in [-0.2, -0.15) is 0 Å². The Labute approximate surface area is 103 Å². The van der Waals surface area contributed by atoms with Crippen LogP contribution in [0.15, 0.2) is 11.8 Å². The number of fused-ring (bicyclic) bond motifs is 1. The van der Waals surface area contributed by atoms with Crippen molar-refractivity contribution in [2.75, 3.05) is 21.0 Å². The lowest BCUT2D eigenvalue weighted by Crippen LogP contribution is -1.96. The quantitative estimate of drug-likeness (QED) is 0.497. The van der Waals surface area contributed by atoms with Crippen molar-refractivity contribution < 1.29 is 28.8 Å². The van der Waals surface area contributed by atoms with Crippen LogP contribution in [-0.2, 0) is 4.79 Å². The number of aldehydes is 1. The van der Waals surface area contributed by atoms with E-state index in [9.17, 15) is 9.90 Å². The Morgan fingerprint density at radius 1 is 1.33 bits per heavy atom. The van der Waals surface area contributed by atoms with Crippen molar-refractivity contribution in [2.24, 2.45) is 0 Å². The van der Waals surface area contributed by atoms with Gasteiger partial charge in [-0.15, -0.1) is 0 Å². The number of ether oxygens (including phenoxy) is 4. The Hall–Kier alpha value is -2.37. The molecule has 1 N–H and O–H groups in total. The van der Waals surface area contributed by atoms with Gasteiger partial charge in [-0.25, -0.2) is 0 Å². The van der Waals surface area contributed by atoms with Gasteiger partial charge in [-0.3, -0.25) is 4.79 Å². The first-order valence-corrected chi connectivity index (χ1v) is 5.11. The fraction of sp³-hybridized carbons (Fsp3) is 0.250. The Balaban J connectivity index is 2.63. The van der Waals surface area contributed by atoms with Crippen molar-refractivity contribution in [1.82, 2.24) is 0 Å². The number of methoxy groups -OCH3 is 2. The summed E-state index contributed by atoms with van der Waals surface area (Å²) in [5.41, 5.74) is 0.461. The Bertz CT molecular complexity index is 506. The average Bonchev–Trinajstić information content (AvgIpc) is 2.84. The maximum Gasteiger partial charge on any atom is 0.231 e. The van der Waals surface area contributed by atoms with Crippen LogP contribution in [0, 0.1) is 0 Å². The van der Waals surface area contributed by atoms with E-state index in [0.29, 0.717) is 34.8 Å². The maximum atomic E-state index is 10.5. The first-order chi connectivity index (χ1) is 8.71. The zero-order valence-corrected chi connectivity index (χ0v) is 9.93. The molecule has 0 saturated heterocycles. The molecule has 18 heavy (non-hydrogen) atoms. The van der Waals surface area contributed by atoms with Crippen LogP contribution >= 0.6 is 0 Å². The van der Waals surface area contributed by atoms with Crippen LogP contribution in [-0.4, -0.2) is 32.4 Å². The molecule has 0 unspecified atom stereocenters. The van der Waals surface area contributed by atoms with E-state index in [1.807, 2.05) is 0 Å². The van der Waals surface area contributed by atoms with Gasteiger partial charge in [0.05, 0.1) is 14.2 Å². The molecule has 6 heteroatoms. The summed E-state index contributed by atoms with van der Waals surface area (Å²) in [6.07, 6.45) is 1.59. The number of hydrogen-bond donors (Lipinski definition) is 1. The molecular formula is C12H12O6. The summed E-state index contributed by atoms with van der Waals surface area (Å²) in [6, 6.07) is 1.60. The molecule has 2 rings (SSSR count). The standard InChI is InChI=1S/C12H12O6/c1-15-10-7(3-8(14)5-13)4-9-11(12(10)16-2)18-6-17-9/h3-5,14H,6H2,1-2H3/b8-3-. The molecule has 0 aliphatic carbocycles. The van der Waals surface area contributed by atoms with Gasteiger partial charge in [0, 0.05) is 5.56 Å². The van der Waals surface area contributed by atoms with E-state index in [2.05, 4.69) is 0 Å². The third-order valence-electron chi connectivity index (χ3n) is 2.44. The van der Waals surface area contributed by atoms with Crippen LogP contribution in [0.1, 0.15) is 5.56 Å². The third kappa shape index (κ3) is 1.92. The topological polar surface area (TPSA) is 74.2 Å². The molecule has 0 atom stereocenters. The summed E-state index contributed by atoms with van der Waals surface area (Å²) in [4.78, 5) is 10.5. The summed E-state index contributed by atoms with van der Waals surface area (Å²) >= 11 is 0. The van der Waals surface area contributed by atoms with Crippen molar-refractivity contribution >= 4 is 12.4 Å². The molecule has 1 heterocycles. The number of carbonyl (C=O) groups is 1. The van der Waals surface area contributed by atoms with Crippen molar-refractivity contribution in [3.8, 4) is 23.0 Å². The molecule has 1 aliphatic rings. The maximum absolute atomic E-state index is 10.5. The Kier molecular flexibility index (Phi) is 3.27. The first-order valence-electron chi connectivity index (χ1n) is 5.11. The number of hydrogen-bond acceptors (Lipinski definition) is 6. The summed E-state index contributed by atoms with van der Waals surface area (Å²) in [5, 5.41) is 9.27. The molecule has 0 spiro atoms. The lowest BCUT2D eigenvalue weighted by molar-refractivity contribution is -0.106. The minimum atomic E-state index is -0.422. The SMILES string of the molecule is COc1c(/C=C(\O)C=O)cc2c(c1OC)OCO2. The van der Waals surface area contributed by atoms with Crippen molar-refractivity contribution in [2.45, 2.75) is 0 Å². The fourth-order valence-electron chi connectivity index (χ4n) is 1.71. The lowest BCUT2D eigenvalue weighted by Gasteiger charge is -2.12. The molecule has 0 saturated carbocycles. The Morgan fingerprint density at radius 3 is 2.67 bits per heavy atom. The van der Waals surface area contributed by atoms with E-state index in [-0.39, 0.29) is 6.79 Å². The second-order valence-corrected chi connectivity index (χ2v) is 3.45. The largest absolute Gasteiger partial charge is 0.505 e. The zero-order valence-electron chi connectivity index (χ0n) is 9.93. The van der Waals surface area contributed by atoms with E-state index in [0.717, 1.165) is 0 Å². The summed E-state index contributed by atoms with van der Waals surface area (Å²) in [6.45, 7) is 0.0850. The van der Waals surface area contributed by atoms with Crippen LogP contribution in [0.4, 0.5) is 0 Å². The fourth-order valence-corrected chi connectivity index (χ4v) is 1.71. The van der Waals surface area contributed by atoms with Crippen LogP contribution in [0.2, 0.25) is 0 Å². The van der Waals surface area contributed by atoms with Gasteiger partial charge in [0.15, 0.2) is 23.5 Å². The number of benzene rings is 1. The highest BCUT2D eigenvalue weighted by molar-refractivity contribution is 5.82. The molecule has 1 aliphatic heterocycles. The van der Waals surface area contributed by atoms with Gasteiger partial charge in [0.25, 0.3) is 0 Å². The van der Waals surface area contributed by atoms with E-state index in [4.69, 9.17) is 18.9 Å².